The van der Waals surface area contributed by atoms with Gasteiger partial charge in [-0.2, -0.15) is 0 Å². The van der Waals surface area contributed by atoms with Crippen LogP contribution in [0.15, 0.2) is 5.38 Å². The molecule has 1 heterocycles. The number of nitrogen functional groups attached to an aromatic ring is 1. The van der Waals surface area contributed by atoms with Crippen molar-refractivity contribution in [3.8, 4) is 0 Å². The number of methoxy groups -OCH3 is 1. The molecule has 0 aliphatic rings. The molecule has 0 fully saturated rings. The molecule has 0 aliphatic heterocycles. The lowest BCUT2D eigenvalue weighted by molar-refractivity contribution is -0.147. The summed E-state index contributed by atoms with van der Waals surface area (Å²) in [5.74, 6) is -2.78. The molecule has 0 aliphatic carbocycles. The van der Waals surface area contributed by atoms with Crippen LogP contribution in [0.1, 0.15) is 16.9 Å². The highest BCUT2D eigenvalue weighted by Gasteiger charge is 2.25. The number of carbonyl (C=O) groups is 3. The Labute approximate surface area is 106 Å². The van der Waals surface area contributed by atoms with E-state index in [1.165, 1.54) is 5.38 Å². The number of amides is 1. The molecule has 0 radical (unpaired) electrons. The van der Waals surface area contributed by atoms with Crippen LogP contribution in [0.25, 0.3) is 0 Å². The number of esters is 1. The minimum absolute atomic E-state index is 0.00798. The van der Waals surface area contributed by atoms with Crippen molar-refractivity contribution < 1.29 is 24.2 Å². The molecule has 0 unspecified atom stereocenters. The summed E-state index contributed by atoms with van der Waals surface area (Å²) in [6.07, 6.45) is -0.461. The van der Waals surface area contributed by atoms with Gasteiger partial charge in [-0.3, -0.25) is 9.59 Å². The monoisotopic (exact) mass is 273 g/mol. The highest BCUT2D eigenvalue weighted by Crippen LogP contribution is 2.11. The van der Waals surface area contributed by atoms with Crippen molar-refractivity contribution in [3.05, 3.63) is 11.1 Å². The van der Waals surface area contributed by atoms with Gasteiger partial charge in [0.15, 0.2) is 5.13 Å². The standard InChI is InChI=1S/C9H11N3O5S/c1-17-6(13)2-4(8(15)16)11-7(14)5-3-18-9(10)12-5/h3-4H,2H2,1H3,(H2,10,12)(H,11,14)(H,15,16)/t4-/m0/s1. The molecule has 1 amide bonds. The third-order valence-electron chi connectivity index (χ3n) is 1.96. The predicted molar refractivity (Wildman–Crippen MR) is 62.0 cm³/mol. The maximum atomic E-state index is 11.6. The zero-order chi connectivity index (χ0) is 13.7. The minimum Gasteiger partial charge on any atom is -0.480 e. The van der Waals surface area contributed by atoms with Crippen molar-refractivity contribution in [1.29, 1.82) is 0 Å². The zero-order valence-corrected chi connectivity index (χ0v) is 10.2. The Morgan fingerprint density at radius 1 is 1.61 bits per heavy atom. The van der Waals surface area contributed by atoms with Crippen LogP contribution >= 0.6 is 11.3 Å². The fraction of sp³-hybridized carbons (Fsp3) is 0.333. The number of anilines is 1. The third-order valence-corrected chi connectivity index (χ3v) is 2.63. The van der Waals surface area contributed by atoms with Gasteiger partial charge in [-0.05, 0) is 0 Å². The van der Waals surface area contributed by atoms with Crippen molar-refractivity contribution in [1.82, 2.24) is 10.3 Å². The Kier molecular flexibility index (Phi) is 4.60. The first-order valence-corrected chi connectivity index (χ1v) is 5.63. The molecule has 0 aromatic carbocycles. The lowest BCUT2D eigenvalue weighted by Gasteiger charge is -2.12. The van der Waals surface area contributed by atoms with Gasteiger partial charge in [0.2, 0.25) is 0 Å². The molecule has 1 aromatic heterocycles. The van der Waals surface area contributed by atoms with E-state index in [1.54, 1.807) is 0 Å². The number of nitrogens with two attached hydrogens (primary N) is 1. The van der Waals surface area contributed by atoms with Crippen LogP contribution in [0.3, 0.4) is 0 Å². The SMILES string of the molecule is COC(=O)C[C@H](NC(=O)c1csc(N)n1)C(=O)O. The first kappa shape index (κ1) is 13.9. The third kappa shape index (κ3) is 3.70. The number of aliphatic carboxylic acids is 1. The lowest BCUT2D eigenvalue weighted by Crippen LogP contribution is -2.42. The van der Waals surface area contributed by atoms with Gasteiger partial charge in [-0.15, -0.1) is 11.3 Å². The van der Waals surface area contributed by atoms with Crippen molar-refractivity contribution in [3.63, 3.8) is 0 Å². The van der Waals surface area contributed by atoms with E-state index in [9.17, 15) is 14.4 Å². The number of aromatic nitrogens is 1. The van der Waals surface area contributed by atoms with Crippen molar-refractivity contribution in [2.45, 2.75) is 12.5 Å². The second-order valence-corrected chi connectivity index (χ2v) is 4.11. The molecule has 1 rings (SSSR count). The Morgan fingerprint density at radius 2 is 2.28 bits per heavy atom. The number of hydrogen-bond donors (Lipinski definition) is 3. The predicted octanol–water partition coefficient (Wildman–Crippen LogP) is -0.529. The molecule has 9 heteroatoms. The summed E-state index contributed by atoms with van der Waals surface area (Å²) >= 11 is 1.05. The van der Waals surface area contributed by atoms with Crippen LogP contribution in [-0.4, -0.2) is 41.1 Å². The molecule has 4 N–H and O–H groups in total. The van der Waals surface area contributed by atoms with Crippen LogP contribution in [-0.2, 0) is 14.3 Å². The number of rotatable bonds is 5. The maximum absolute atomic E-state index is 11.6. The van der Waals surface area contributed by atoms with E-state index in [1.807, 2.05) is 0 Å². The number of carboxylic acids is 1. The number of nitrogens with zero attached hydrogens (tertiary/aromatic N) is 1. The van der Waals surface area contributed by atoms with Gasteiger partial charge in [-0.25, -0.2) is 9.78 Å². The van der Waals surface area contributed by atoms with Crippen LogP contribution in [0, 0.1) is 0 Å². The summed E-state index contributed by atoms with van der Waals surface area (Å²) in [5.41, 5.74) is 5.35. The normalized spacial score (nSPS) is 11.6. The molecular formula is C9H11N3O5S. The van der Waals surface area contributed by atoms with Crippen LogP contribution in [0.4, 0.5) is 5.13 Å². The summed E-state index contributed by atoms with van der Waals surface area (Å²) in [7, 11) is 1.13. The Balaban J connectivity index is 2.69. The van der Waals surface area contributed by atoms with Gasteiger partial charge >= 0.3 is 11.9 Å². The topological polar surface area (TPSA) is 132 Å². The summed E-state index contributed by atoms with van der Waals surface area (Å²) in [5, 5.41) is 12.6. The molecule has 8 nitrogen and oxygen atoms in total. The maximum Gasteiger partial charge on any atom is 0.326 e. The summed E-state index contributed by atoms with van der Waals surface area (Å²) in [6, 6.07) is -1.37. The summed E-state index contributed by atoms with van der Waals surface area (Å²) < 4.78 is 4.34. The van der Waals surface area contributed by atoms with Crippen LogP contribution in [0.2, 0.25) is 0 Å². The number of hydrogen-bond acceptors (Lipinski definition) is 7. The number of ether oxygens (including phenoxy) is 1. The highest BCUT2D eigenvalue weighted by atomic mass is 32.1. The number of carboxylic acid groups (broad SMARTS) is 1. The Hall–Kier alpha value is -2.16. The van der Waals surface area contributed by atoms with E-state index >= 15 is 0 Å². The van der Waals surface area contributed by atoms with E-state index in [4.69, 9.17) is 10.8 Å². The molecule has 18 heavy (non-hydrogen) atoms. The van der Waals surface area contributed by atoms with Crippen LogP contribution in [0.5, 0.6) is 0 Å². The first-order valence-electron chi connectivity index (χ1n) is 4.75. The second kappa shape index (κ2) is 5.96. The largest absolute Gasteiger partial charge is 0.480 e. The number of thiazole rings is 1. The minimum atomic E-state index is -1.37. The average molecular weight is 273 g/mol. The smallest absolute Gasteiger partial charge is 0.326 e. The highest BCUT2D eigenvalue weighted by molar-refractivity contribution is 7.13. The van der Waals surface area contributed by atoms with Crippen LogP contribution < -0.4 is 11.1 Å². The van der Waals surface area contributed by atoms with Gasteiger partial charge in [0, 0.05) is 5.38 Å². The second-order valence-electron chi connectivity index (χ2n) is 3.22. The molecule has 0 saturated carbocycles. The van der Waals surface area contributed by atoms with Crippen molar-refractivity contribution >= 4 is 34.3 Å². The molecule has 1 atom stereocenters. The average Bonchev–Trinajstić information content (AvgIpc) is 2.74. The van der Waals surface area contributed by atoms with E-state index in [0.29, 0.717) is 0 Å². The molecule has 1 aromatic rings. The first-order chi connectivity index (χ1) is 8.43. The van der Waals surface area contributed by atoms with Gasteiger partial charge in [0.25, 0.3) is 5.91 Å². The molecule has 0 saturated heterocycles. The van der Waals surface area contributed by atoms with Gasteiger partial charge in [0.1, 0.15) is 11.7 Å². The van der Waals surface area contributed by atoms with E-state index < -0.39 is 30.3 Å². The van der Waals surface area contributed by atoms with E-state index in [-0.39, 0.29) is 10.8 Å². The lowest BCUT2D eigenvalue weighted by atomic mass is 10.2. The van der Waals surface area contributed by atoms with Gasteiger partial charge in [-0.1, -0.05) is 0 Å². The summed E-state index contributed by atoms with van der Waals surface area (Å²) in [6.45, 7) is 0. The Bertz CT molecular complexity index is 473. The number of carbonyl (C=O) groups excluding carboxylic acids is 2. The summed E-state index contributed by atoms with van der Waals surface area (Å²) in [4.78, 5) is 37.1. The molecule has 0 spiro atoms. The number of nitrogens with one attached hydrogen (secondary N) is 1. The fourth-order valence-corrected chi connectivity index (χ4v) is 1.62. The van der Waals surface area contributed by atoms with E-state index in [0.717, 1.165) is 18.4 Å². The van der Waals surface area contributed by atoms with E-state index in [2.05, 4.69) is 15.0 Å². The van der Waals surface area contributed by atoms with Gasteiger partial charge in [0.05, 0.1) is 13.5 Å². The van der Waals surface area contributed by atoms with Gasteiger partial charge < -0.3 is 20.9 Å². The van der Waals surface area contributed by atoms with Crippen molar-refractivity contribution in [2.24, 2.45) is 0 Å². The quantitative estimate of drug-likeness (QED) is 0.614. The fourth-order valence-electron chi connectivity index (χ4n) is 1.07. The molecule has 0 bridgehead atoms. The van der Waals surface area contributed by atoms with Crippen molar-refractivity contribution in [2.75, 3.05) is 12.8 Å². The molecular weight excluding hydrogens is 262 g/mol. The zero-order valence-electron chi connectivity index (χ0n) is 9.37. The molecule has 98 valence electrons. The Morgan fingerprint density at radius 3 is 2.72 bits per heavy atom.